The van der Waals surface area contributed by atoms with Gasteiger partial charge in [0.1, 0.15) is 0 Å². The largest absolute Gasteiger partial charge is 0.351 e. The highest BCUT2D eigenvalue weighted by Crippen LogP contribution is 2.38. The number of amides is 1. The van der Waals surface area contributed by atoms with Crippen molar-refractivity contribution in [1.82, 2.24) is 15.2 Å². The minimum absolute atomic E-state index is 0.0203. The molecule has 0 bridgehead atoms. The lowest BCUT2D eigenvalue weighted by molar-refractivity contribution is -0.122. The molecule has 1 saturated heterocycles. The van der Waals surface area contributed by atoms with Crippen LogP contribution in [0.5, 0.6) is 0 Å². The third kappa shape index (κ3) is 2.54. The van der Waals surface area contributed by atoms with E-state index in [2.05, 4.69) is 35.1 Å². The van der Waals surface area contributed by atoms with E-state index >= 15 is 0 Å². The van der Waals surface area contributed by atoms with Crippen LogP contribution in [0.1, 0.15) is 48.7 Å². The Morgan fingerprint density at radius 2 is 2.21 bits per heavy atom. The maximum atomic E-state index is 12.0. The number of aromatic nitrogens is 1. The smallest absolute Gasteiger partial charge is 0.237 e. The number of hydrogen-bond acceptors (Lipinski definition) is 2. The number of aryl methyl sites for hydroxylation is 1. The van der Waals surface area contributed by atoms with Gasteiger partial charge in [-0.2, -0.15) is 0 Å². The predicted octanol–water partition coefficient (Wildman–Crippen LogP) is 1.81. The molecule has 4 heteroatoms. The van der Waals surface area contributed by atoms with Gasteiger partial charge in [0.05, 0.1) is 6.04 Å². The van der Waals surface area contributed by atoms with Crippen molar-refractivity contribution in [2.45, 2.75) is 58.2 Å². The number of hydrogen-bond donors (Lipinski definition) is 2. The molecular weight excluding hydrogens is 238 g/mol. The Labute approximate surface area is 114 Å². The Hall–Kier alpha value is -1.29. The lowest BCUT2D eigenvalue weighted by Gasteiger charge is -2.11. The monoisotopic (exact) mass is 261 g/mol. The van der Waals surface area contributed by atoms with Crippen LogP contribution in [0.4, 0.5) is 0 Å². The van der Waals surface area contributed by atoms with Gasteiger partial charge in [-0.15, -0.1) is 0 Å². The molecule has 1 aromatic rings. The summed E-state index contributed by atoms with van der Waals surface area (Å²) in [5, 5.41) is 6.30. The predicted molar refractivity (Wildman–Crippen MR) is 75.0 cm³/mol. The quantitative estimate of drug-likeness (QED) is 0.868. The van der Waals surface area contributed by atoms with Crippen molar-refractivity contribution in [3.05, 3.63) is 23.0 Å². The van der Waals surface area contributed by atoms with Crippen LogP contribution in [0.15, 0.2) is 6.07 Å². The van der Waals surface area contributed by atoms with E-state index in [-0.39, 0.29) is 11.9 Å². The zero-order valence-electron chi connectivity index (χ0n) is 11.8. The molecule has 1 aromatic heterocycles. The first kappa shape index (κ1) is 12.7. The zero-order valence-corrected chi connectivity index (χ0v) is 11.8. The highest BCUT2D eigenvalue weighted by molar-refractivity contribution is 5.82. The number of rotatable bonds is 4. The maximum absolute atomic E-state index is 12.0. The fourth-order valence-corrected chi connectivity index (χ4v) is 3.13. The summed E-state index contributed by atoms with van der Waals surface area (Å²) in [4.78, 5) is 12.0. The molecule has 1 atom stereocenters. The standard InChI is InChI=1S/C15H23N3O/c1-10-8-12(11(2)18(10)13-5-6-13)9-17-15(19)14-4-3-7-16-14/h8,13-14,16H,3-7,9H2,1-2H3,(H,17,19). The van der Waals surface area contributed by atoms with Crippen LogP contribution in [0.25, 0.3) is 0 Å². The Morgan fingerprint density at radius 3 is 2.84 bits per heavy atom. The van der Waals surface area contributed by atoms with E-state index in [1.165, 1.54) is 29.8 Å². The van der Waals surface area contributed by atoms with Crippen molar-refractivity contribution in [3.63, 3.8) is 0 Å². The summed E-state index contributed by atoms with van der Waals surface area (Å²) < 4.78 is 2.43. The van der Waals surface area contributed by atoms with Gasteiger partial charge in [-0.25, -0.2) is 0 Å². The summed E-state index contributed by atoms with van der Waals surface area (Å²) in [7, 11) is 0. The molecule has 19 heavy (non-hydrogen) atoms. The zero-order chi connectivity index (χ0) is 13.4. The lowest BCUT2D eigenvalue weighted by Crippen LogP contribution is -2.40. The molecule has 3 rings (SSSR count). The van der Waals surface area contributed by atoms with Crippen LogP contribution in [0, 0.1) is 13.8 Å². The van der Waals surface area contributed by atoms with Gasteiger partial charge in [0.25, 0.3) is 0 Å². The third-order valence-electron chi connectivity index (χ3n) is 4.33. The number of nitrogens with zero attached hydrogens (tertiary/aromatic N) is 1. The average molecular weight is 261 g/mol. The topological polar surface area (TPSA) is 46.1 Å². The summed E-state index contributed by atoms with van der Waals surface area (Å²) >= 11 is 0. The molecule has 4 nitrogen and oxygen atoms in total. The molecule has 2 heterocycles. The van der Waals surface area contributed by atoms with E-state index in [1.54, 1.807) is 0 Å². The minimum Gasteiger partial charge on any atom is -0.351 e. The highest BCUT2D eigenvalue weighted by Gasteiger charge is 2.27. The van der Waals surface area contributed by atoms with E-state index in [0.29, 0.717) is 12.6 Å². The van der Waals surface area contributed by atoms with Crippen molar-refractivity contribution in [1.29, 1.82) is 0 Å². The molecule has 1 aliphatic carbocycles. The molecule has 104 valence electrons. The second-order valence-electron chi connectivity index (χ2n) is 5.86. The minimum atomic E-state index is 0.0203. The number of carbonyl (C=O) groups excluding carboxylic acids is 1. The Morgan fingerprint density at radius 1 is 1.42 bits per heavy atom. The molecule has 2 fully saturated rings. The van der Waals surface area contributed by atoms with Gasteiger partial charge < -0.3 is 15.2 Å². The Kier molecular flexibility index (Phi) is 3.35. The number of nitrogens with one attached hydrogen (secondary N) is 2. The first-order valence-electron chi connectivity index (χ1n) is 7.35. The van der Waals surface area contributed by atoms with E-state index in [1.807, 2.05) is 0 Å². The second kappa shape index (κ2) is 5.00. The van der Waals surface area contributed by atoms with Crippen LogP contribution in [0.2, 0.25) is 0 Å². The van der Waals surface area contributed by atoms with Crippen LogP contribution in [-0.2, 0) is 11.3 Å². The summed E-state index contributed by atoms with van der Waals surface area (Å²) in [5.74, 6) is 0.147. The van der Waals surface area contributed by atoms with Gasteiger partial charge in [0.15, 0.2) is 0 Å². The van der Waals surface area contributed by atoms with Gasteiger partial charge in [-0.1, -0.05) is 0 Å². The van der Waals surface area contributed by atoms with E-state index in [4.69, 9.17) is 0 Å². The molecular formula is C15H23N3O. The first-order valence-corrected chi connectivity index (χ1v) is 7.35. The van der Waals surface area contributed by atoms with Gasteiger partial charge in [0.2, 0.25) is 5.91 Å². The van der Waals surface area contributed by atoms with Crippen molar-refractivity contribution < 1.29 is 4.79 Å². The number of carbonyl (C=O) groups is 1. The fraction of sp³-hybridized carbons (Fsp3) is 0.667. The van der Waals surface area contributed by atoms with Crippen LogP contribution >= 0.6 is 0 Å². The van der Waals surface area contributed by atoms with Crippen LogP contribution in [0.3, 0.4) is 0 Å². The van der Waals surface area contributed by atoms with Crippen molar-refractivity contribution in [2.24, 2.45) is 0 Å². The molecule has 2 N–H and O–H groups in total. The molecule has 1 unspecified atom stereocenters. The summed E-state index contributed by atoms with van der Waals surface area (Å²) in [6.07, 6.45) is 4.67. The van der Waals surface area contributed by atoms with Gasteiger partial charge in [-0.05, 0) is 57.7 Å². The fourth-order valence-electron chi connectivity index (χ4n) is 3.13. The molecule has 1 saturated carbocycles. The average Bonchev–Trinajstić information content (AvgIpc) is 2.98. The molecule has 1 aliphatic heterocycles. The molecule has 1 amide bonds. The first-order chi connectivity index (χ1) is 9.16. The second-order valence-corrected chi connectivity index (χ2v) is 5.86. The lowest BCUT2D eigenvalue weighted by atomic mass is 10.2. The summed E-state index contributed by atoms with van der Waals surface area (Å²) in [5.41, 5.74) is 3.90. The molecule has 0 spiro atoms. The molecule has 2 aliphatic rings. The SMILES string of the molecule is Cc1cc(CNC(=O)C2CCCN2)c(C)n1C1CC1. The molecule has 0 aromatic carbocycles. The Balaban J connectivity index is 1.63. The van der Waals surface area contributed by atoms with Crippen LogP contribution < -0.4 is 10.6 Å². The van der Waals surface area contributed by atoms with E-state index in [0.717, 1.165) is 19.4 Å². The van der Waals surface area contributed by atoms with Gasteiger partial charge >= 0.3 is 0 Å². The van der Waals surface area contributed by atoms with Gasteiger partial charge in [0, 0.05) is 24.0 Å². The summed E-state index contributed by atoms with van der Waals surface area (Å²) in [6.45, 7) is 5.95. The highest BCUT2D eigenvalue weighted by atomic mass is 16.2. The van der Waals surface area contributed by atoms with Crippen molar-refractivity contribution in [3.8, 4) is 0 Å². The summed E-state index contributed by atoms with van der Waals surface area (Å²) in [6, 6.07) is 2.95. The van der Waals surface area contributed by atoms with Crippen molar-refractivity contribution >= 4 is 5.91 Å². The van der Waals surface area contributed by atoms with Crippen LogP contribution in [-0.4, -0.2) is 23.1 Å². The van der Waals surface area contributed by atoms with Gasteiger partial charge in [-0.3, -0.25) is 4.79 Å². The van der Waals surface area contributed by atoms with E-state index < -0.39 is 0 Å². The Bertz CT molecular complexity index is 482. The third-order valence-corrected chi connectivity index (χ3v) is 4.33. The van der Waals surface area contributed by atoms with Crippen molar-refractivity contribution in [2.75, 3.05) is 6.54 Å². The van der Waals surface area contributed by atoms with E-state index in [9.17, 15) is 4.79 Å². The maximum Gasteiger partial charge on any atom is 0.237 e. The molecule has 0 radical (unpaired) electrons. The normalized spacial score (nSPS) is 22.7.